The van der Waals surface area contributed by atoms with Gasteiger partial charge < -0.3 is 28.4 Å². The lowest BCUT2D eigenvalue weighted by molar-refractivity contribution is -0.0495. The van der Waals surface area contributed by atoms with Gasteiger partial charge in [0.25, 0.3) is 5.91 Å². The molecule has 12 heteroatoms. The fourth-order valence-electron chi connectivity index (χ4n) is 7.55. The first kappa shape index (κ1) is 36.2. The van der Waals surface area contributed by atoms with Gasteiger partial charge in [-0.3, -0.25) is 9.69 Å². The summed E-state index contributed by atoms with van der Waals surface area (Å²) in [5, 5.41) is 0. The van der Waals surface area contributed by atoms with Crippen molar-refractivity contribution in [2.24, 2.45) is 5.92 Å². The summed E-state index contributed by atoms with van der Waals surface area (Å²) in [6.07, 6.45) is 3.36. The first-order chi connectivity index (χ1) is 23.7. The van der Waals surface area contributed by atoms with E-state index in [1.54, 1.807) is 27.2 Å². The highest BCUT2D eigenvalue weighted by Crippen LogP contribution is 2.38. The van der Waals surface area contributed by atoms with Crippen molar-refractivity contribution in [2.45, 2.75) is 91.0 Å². The Kier molecular flexibility index (Phi) is 10.5. The Hall–Kier alpha value is -3.61. The van der Waals surface area contributed by atoms with Crippen LogP contribution in [-0.2, 0) is 14.2 Å². The van der Waals surface area contributed by atoms with E-state index >= 15 is 4.39 Å². The summed E-state index contributed by atoms with van der Waals surface area (Å²) in [5.41, 5.74) is 1.93. The molecule has 272 valence electrons. The van der Waals surface area contributed by atoms with Gasteiger partial charge in [-0.2, -0.15) is 4.39 Å². The predicted octanol–water partition coefficient (Wildman–Crippen LogP) is 6.29. The number of carbonyl (C=O) groups is 2. The molecule has 3 fully saturated rings. The Morgan fingerprint density at radius 1 is 1.06 bits per heavy atom. The third kappa shape index (κ3) is 7.67. The summed E-state index contributed by atoms with van der Waals surface area (Å²) in [6, 6.07) is 6.26. The number of carbonyl (C=O) groups excluding carboxylic acids is 2. The van der Waals surface area contributed by atoms with Crippen molar-refractivity contribution >= 4 is 17.5 Å². The number of pyridine rings is 1. The fraction of sp³-hybridized carbons (Fsp3) is 0.605. The molecular formula is C38H51F2N5O5. The Labute approximate surface area is 293 Å². The van der Waals surface area contributed by atoms with Crippen LogP contribution in [0.25, 0.3) is 16.6 Å². The van der Waals surface area contributed by atoms with Crippen molar-refractivity contribution < 1.29 is 32.6 Å². The summed E-state index contributed by atoms with van der Waals surface area (Å²) in [5.74, 6) is -0.378. The number of amides is 2. The van der Waals surface area contributed by atoms with E-state index in [-0.39, 0.29) is 41.1 Å². The molecule has 3 aliphatic rings. The number of benzene rings is 1. The van der Waals surface area contributed by atoms with Crippen LogP contribution >= 0.6 is 0 Å². The van der Waals surface area contributed by atoms with Crippen LogP contribution in [0.3, 0.4) is 0 Å². The quantitative estimate of drug-likeness (QED) is 0.274. The fourth-order valence-corrected chi connectivity index (χ4v) is 7.55. The van der Waals surface area contributed by atoms with Crippen LogP contribution in [0.15, 0.2) is 30.5 Å². The second-order valence-corrected chi connectivity index (χ2v) is 15.4. The van der Waals surface area contributed by atoms with E-state index in [1.807, 2.05) is 40.0 Å². The molecular weight excluding hydrogens is 644 g/mol. The third-order valence-electron chi connectivity index (χ3n) is 10.2. The van der Waals surface area contributed by atoms with Crippen molar-refractivity contribution in [1.82, 2.24) is 24.1 Å². The summed E-state index contributed by atoms with van der Waals surface area (Å²) < 4.78 is 49.1. The second kappa shape index (κ2) is 14.6. The average molecular weight is 696 g/mol. The molecule has 50 heavy (non-hydrogen) atoms. The zero-order valence-corrected chi connectivity index (χ0v) is 30.4. The molecule has 3 aliphatic heterocycles. The van der Waals surface area contributed by atoms with E-state index < -0.39 is 17.4 Å². The molecule has 2 amide bonds. The van der Waals surface area contributed by atoms with Gasteiger partial charge >= 0.3 is 6.09 Å². The van der Waals surface area contributed by atoms with Crippen molar-refractivity contribution in [1.29, 1.82) is 0 Å². The van der Waals surface area contributed by atoms with Crippen LogP contribution in [0.2, 0.25) is 0 Å². The van der Waals surface area contributed by atoms with Crippen LogP contribution in [0.5, 0.6) is 0 Å². The van der Waals surface area contributed by atoms with Crippen molar-refractivity contribution in [3.8, 4) is 11.1 Å². The van der Waals surface area contributed by atoms with Gasteiger partial charge in [-0.05, 0) is 82.7 Å². The van der Waals surface area contributed by atoms with E-state index in [0.29, 0.717) is 68.4 Å². The van der Waals surface area contributed by atoms with Gasteiger partial charge in [0.1, 0.15) is 22.8 Å². The van der Waals surface area contributed by atoms with Crippen molar-refractivity contribution in [3.63, 3.8) is 0 Å². The monoisotopic (exact) mass is 695 g/mol. The van der Waals surface area contributed by atoms with Crippen LogP contribution in [-0.4, -0.2) is 112 Å². The first-order valence-electron chi connectivity index (χ1n) is 17.9. The number of ether oxygens (including phenoxy) is 3. The Morgan fingerprint density at radius 2 is 1.82 bits per heavy atom. The van der Waals surface area contributed by atoms with Gasteiger partial charge in [0.2, 0.25) is 5.95 Å². The van der Waals surface area contributed by atoms with E-state index in [0.717, 1.165) is 31.5 Å². The van der Waals surface area contributed by atoms with Crippen molar-refractivity contribution in [3.05, 3.63) is 59.2 Å². The number of likely N-dealkylation sites (tertiary alicyclic amines) is 1. The highest BCUT2D eigenvalue weighted by molar-refractivity contribution is 6.03. The van der Waals surface area contributed by atoms with Crippen LogP contribution < -0.4 is 0 Å². The second-order valence-electron chi connectivity index (χ2n) is 15.4. The third-order valence-corrected chi connectivity index (χ3v) is 10.2. The van der Waals surface area contributed by atoms with Gasteiger partial charge in [-0.1, -0.05) is 19.9 Å². The van der Waals surface area contributed by atoms with Gasteiger partial charge in [0.15, 0.2) is 0 Å². The predicted molar refractivity (Wildman–Crippen MR) is 186 cm³/mol. The minimum absolute atomic E-state index is 0.0493. The molecule has 6 rings (SSSR count). The molecule has 10 nitrogen and oxygen atoms in total. The molecule has 0 spiro atoms. The number of fused-ring (bicyclic) bond motifs is 1. The molecule has 1 aromatic carbocycles. The molecule has 1 unspecified atom stereocenters. The molecule has 2 aromatic heterocycles. The maximum absolute atomic E-state index is 15.5. The lowest BCUT2D eigenvalue weighted by Gasteiger charge is -2.47. The number of rotatable bonds is 8. The first-order valence-corrected chi connectivity index (χ1v) is 17.9. The molecule has 3 saturated heterocycles. The van der Waals surface area contributed by atoms with Gasteiger partial charge in [-0.25, -0.2) is 14.2 Å². The van der Waals surface area contributed by atoms with E-state index in [9.17, 15) is 14.0 Å². The zero-order chi connectivity index (χ0) is 35.9. The number of aromatic nitrogens is 2. The maximum Gasteiger partial charge on any atom is 0.410 e. The highest BCUT2D eigenvalue weighted by atomic mass is 19.1. The lowest BCUT2D eigenvalue weighted by atomic mass is 9.85. The molecule has 0 saturated carbocycles. The normalized spacial score (nSPS) is 21.5. The highest BCUT2D eigenvalue weighted by Gasteiger charge is 2.37. The van der Waals surface area contributed by atoms with Crippen LogP contribution in [0.4, 0.5) is 13.6 Å². The Morgan fingerprint density at radius 3 is 2.52 bits per heavy atom. The van der Waals surface area contributed by atoms with Gasteiger partial charge in [0, 0.05) is 49.9 Å². The van der Waals surface area contributed by atoms with Gasteiger partial charge in [0.05, 0.1) is 44.1 Å². The standard InChI is InChI=1S/C38H51F2N5O5/c1-23(2)33(11-9-29-21-42(12-15-49-29)37(47)50-38(5,6)7)43-18-27(19-43)26-16-31(34-35(40)41-25(4)45(34)20-26)30-10-8-28(39)17-32(30)36(46)44-13-14-48-22-24(44)3/h8,10,16-17,20,23-24,27,29,33H,9,11-15,18-19,21-22H2,1-7H3/t24-,29+,33?/m1/s1. The van der Waals surface area contributed by atoms with E-state index in [4.69, 9.17) is 14.2 Å². The van der Waals surface area contributed by atoms with E-state index in [2.05, 4.69) is 23.7 Å². The minimum Gasteiger partial charge on any atom is -0.444 e. The number of halogens is 2. The minimum atomic E-state index is -0.628. The van der Waals surface area contributed by atoms with Crippen LogP contribution in [0, 0.1) is 24.6 Å². The van der Waals surface area contributed by atoms with Gasteiger partial charge in [-0.15, -0.1) is 0 Å². The number of hydrogen-bond donors (Lipinski definition) is 0. The van der Waals surface area contributed by atoms with Crippen LogP contribution in [0.1, 0.15) is 82.0 Å². The molecule has 5 heterocycles. The zero-order valence-electron chi connectivity index (χ0n) is 30.4. The largest absolute Gasteiger partial charge is 0.444 e. The molecule has 3 aromatic rings. The Bertz CT molecular complexity index is 1720. The summed E-state index contributed by atoms with van der Waals surface area (Å²) >= 11 is 0. The molecule has 3 atom stereocenters. The molecule has 0 N–H and O–H groups in total. The molecule has 0 aliphatic carbocycles. The summed E-state index contributed by atoms with van der Waals surface area (Å²) in [4.78, 5) is 36.6. The molecule has 0 radical (unpaired) electrons. The topological polar surface area (TPSA) is 88.9 Å². The number of morpholine rings is 2. The smallest absolute Gasteiger partial charge is 0.410 e. The maximum atomic E-state index is 15.5. The number of hydrogen-bond acceptors (Lipinski definition) is 7. The lowest BCUT2D eigenvalue weighted by Crippen LogP contribution is -2.53. The summed E-state index contributed by atoms with van der Waals surface area (Å²) in [6.45, 7) is 18.1. The number of imidazole rings is 1. The molecule has 0 bridgehead atoms. The SMILES string of the molecule is Cc1nc(F)c2c(-c3ccc(F)cc3C(=O)N3CCOC[C@H]3C)cc(C3CN(C(CC[C@H]4CN(C(=O)OC(C)(C)C)CCO4)C(C)C)C3)cn12. The summed E-state index contributed by atoms with van der Waals surface area (Å²) in [7, 11) is 0. The van der Waals surface area contributed by atoms with E-state index in [1.165, 1.54) is 12.1 Å². The number of nitrogens with zero attached hydrogens (tertiary/aromatic N) is 5. The Balaban J connectivity index is 1.21. The van der Waals surface area contributed by atoms with Crippen molar-refractivity contribution in [2.75, 3.05) is 52.5 Å². The number of aryl methyl sites for hydroxylation is 1. The average Bonchev–Trinajstić information content (AvgIpc) is 3.33.